The Morgan fingerprint density at radius 3 is 2.19 bits per heavy atom. The molecule has 7 heteroatoms. The van der Waals surface area contributed by atoms with Gasteiger partial charge in [-0.2, -0.15) is 13.2 Å². The lowest BCUT2D eigenvalue weighted by Gasteiger charge is -2.44. The molecular weight excluding hydrogens is 485 g/mol. The van der Waals surface area contributed by atoms with E-state index < -0.39 is 22.8 Å². The summed E-state index contributed by atoms with van der Waals surface area (Å²) in [5.74, 6) is -0.304. The Kier molecular flexibility index (Phi) is 5.68. The summed E-state index contributed by atoms with van der Waals surface area (Å²) in [7, 11) is 0. The van der Waals surface area contributed by atoms with E-state index in [0.29, 0.717) is 44.7 Å². The molecule has 1 saturated heterocycles. The normalized spacial score (nSPS) is 27.8. The summed E-state index contributed by atoms with van der Waals surface area (Å²) < 4.78 is 68.9. The molecule has 0 spiro atoms. The third kappa shape index (κ3) is 3.74. The molecule has 1 aliphatic heterocycles. The maximum atomic E-state index is 14.8. The lowest BCUT2D eigenvalue weighted by molar-refractivity contribution is -0.228. The Balaban J connectivity index is 1.57. The molecule has 0 bridgehead atoms. The van der Waals surface area contributed by atoms with Crippen LogP contribution < -0.4 is 0 Å². The Labute approximate surface area is 215 Å². The number of alkyl halides is 4. The summed E-state index contributed by atoms with van der Waals surface area (Å²) in [4.78, 5) is 15.8. The summed E-state index contributed by atoms with van der Waals surface area (Å²) in [6.07, 6.45) is -2.80. The zero-order valence-corrected chi connectivity index (χ0v) is 22.0. The van der Waals surface area contributed by atoms with Crippen LogP contribution in [0.5, 0.6) is 0 Å². The van der Waals surface area contributed by atoms with E-state index >= 15 is 0 Å². The minimum atomic E-state index is -5.02. The van der Waals surface area contributed by atoms with E-state index in [1.807, 2.05) is 4.90 Å². The highest BCUT2D eigenvalue weighted by molar-refractivity contribution is 5.85. The van der Waals surface area contributed by atoms with Crippen LogP contribution in [-0.4, -0.2) is 29.6 Å². The number of fused-ring (bicyclic) bond motifs is 3. The van der Waals surface area contributed by atoms with E-state index in [2.05, 4.69) is 27.7 Å². The predicted octanol–water partition coefficient (Wildman–Crippen LogP) is 7.28. The molecule has 37 heavy (non-hydrogen) atoms. The summed E-state index contributed by atoms with van der Waals surface area (Å²) in [6.45, 7) is 9.57. The minimum absolute atomic E-state index is 0.0931. The van der Waals surface area contributed by atoms with Gasteiger partial charge in [-0.3, -0.25) is 4.79 Å². The molecule has 1 unspecified atom stereocenters. The van der Waals surface area contributed by atoms with Crippen molar-refractivity contribution < 1.29 is 26.7 Å². The smallest absolute Gasteiger partial charge is 0.338 e. The second-order valence-corrected chi connectivity index (χ2v) is 12.5. The number of hydrogen-bond donors (Lipinski definition) is 0. The SMILES string of the molecule is CC(F)(c1ccc2c(c1)CC[C@H]1N(C(=O)C3C(C)(C)C3(C)C)CC[C@@]21Cc1ccc(F)cc1)C(F)(F)F. The first-order chi connectivity index (χ1) is 17.0. The third-order valence-corrected chi connectivity index (χ3v) is 10.2. The average Bonchev–Trinajstić information content (AvgIpc) is 3.06. The van der Waals surface area contributed by atoms with Crippen molar-refractivity contribution in [3.8, 4) is 0 Å². The highest BCUT2D eigenvalue weighted by atomic mass is 19.4. The molecule has 2 fully saturated rings. The van der Waals surface area contributed by atoms with Gasteiger partial charge in [0.15, 0.2) is 0 Å². The first kappa shape index (κ1) is 26.2. The number of rotatable bonds is 4. The molecule has 1 heterocycles. The third-order valence-electron chi connectivity index (χ3n) is 10.2. The van der Waals surface area contributed by atoms with Crippen molar-refractivity contribution in [2.45, 2.75) is 83.6 Å². The van der Waals surface area contributed by atoms with Crippen molar-refractivity contribution in [3.63, 3.8) is 0 Å². The van der Waals surface area contributed by atoms with Gasteiger partial charge in [-0.1, -0.05) is 58.0 Å². The van der Waals surface area contributed by atoms with Gasteiger partial charge in [-0.05, 0) is 77.8 Å². The lowest BCUT2D eigenvalue weighted by atomic mass is 9.63. The number of aryl methyl sites for hydroxylation is 1. The maximum Gasteiger partial charge on any atom is 0.426 e. The highest BCUT2D eigenvalue weighted by Gasteiger charge is 2.70. The van der Waals surface area contributed by atoms with Crippen LogP contribution >= 0.6 is 0 Å². The fourth-order valence-corrected chi connectivity index (χ4v) is 7.23. The number of likely N-dealkylation sites (tertiary alicyclic amines) is 1. The quantitative estimate of drug-likeness (QED) is 0.389. The summed E-state index contributed by atoms with van der Waals surface area (Å²) in [5, 5.41) is 0. The highest BCUT2D eigenvalue weighted by Crippen LogP contribution is 2.69. The molecule has 2 aromatic rings. The number of carbonyl (C=O) groups excluding carboxylic acids is 1. The second-order valence-electron chi connectivity index (χ2n) is 12.5. The van der Waals surface area contributed by atoms with Gasteiger partial charge in [0.1, 0.15) is 5.82 Å². The molecule has 0 aromatic heterocycles. The van der Waals surface area contributed by atoms with Crippen molar-refractivity contribution in [1.82, 2.24) is 4.90 Å². The van der Waals surface area contributed by atoms with E-state index in [1.54, 1.807) is 18.2 Å². The van der Waals surface area contributed by atoms with Crippen LogP contribution in [-0.2, 0) is 28.7 Å². The summed E-state index contributed by atoms with van der Waals surface area (Å²) in [5.41, 5.74) is -2.15. The molecule has 2 aliphatic carbocycles. The Hall–Kier alpha value is -2.44. The fourth-order valence-electron chi connectivity index (χ4n) is 7.23. The molecule has 5 rings (SSSR count). The summed E-state index contributed by atoms with van der Waals surface area (Å²) in [6, 6.07) is 10.4. The van der Waals surface area contributed by atoms with Crippen LogP contribution in [0.25, 0.3) is 0 Å². The molecule has 1 amide bonds. The number of amides is 1. The first-order valence-electron chi connectivity index (χ1n) is 13.0. The van der Waals surface area contributed by atoms with E-state index in [-0.39, 0.29) is 34.5 Å². The topological polar surface area (TPSA) is 20.3 Å². The van der Waals surface area contributed by atoms with Crippen LogP contribution in [0.2, 0.25) is 0 Å². The van der Waals surface area contributed by atoms with Gasteiger partial charge in [0.25, 0.3) is 0 Å². The molecule has 0 radical (unpaired) electrons. The molecule has 200 valence electrons. The Bertz CT molecular complexity index is 1220. The van der Waals surface area contributed by atoms with E-state index in [9.17, 15) is 26.7 Å². The zero-order chi connectivity index (χ0) is 27.2. The van der Waals surface area contributed by atoms with E-state index in [1.165, 1.54) is 24.3 Å². The van der Waals surface area contributed by atoms with Gasteiger partial charge in [0, 0.05) is 23.9 Å². The molecule has 2 aromatic carbocycles. The molecule has 1 saturated carbocycles. The number of carbonyl (C=O) groups is 1. The van der Waals surface area contributed by atoms with Crippen molar-refractivity contribution >= 4 is 5.91 Å². The van der Waals surface area contributed by atoms with Gasteiger partial charge in [-0.25, -0.2) is 8.78 Å². The Morgan fingerprint density at radius 1 is 1.00 bits per heavy atom. The van der Waals surface area contributed by atoms with Gasteiger partial charge in [0.05, 0.1) is 0 Å². The van der Waals surface area contributed by atoms with Crippen molar-refractivity contribution in [2.24, 2.45) is 16.7 Å². The predicted molar refractivity (Wildman–Crippen MR) is 132 cm³/mol. The van der Waals surface area contributed by atoms with Gasteiger partial charge in [0.2, 0.25) is 11.6 Å². The number of halogens is 5. The maximum absolute atomic E-state index is 14.8. The molecular formula is C30H34F5NO. The van der Waals surface area contributed by atoms with Crippen molar-refractivity contribution in [3.05, 3.63) is 70.5 Å². The Morgan fingerprint density at radius 2 is 1.62 bits per heavy atom. The lowest BCUT2D eigenvalue weighted by Crippen LogP contribution is -2.50. The number of nitrogens with zero attached hydrogens (tertiary/aromatic N) is 1. The van der Waals surface area contributed by atoms with Crippen molar-refractivity contribution in [2.75, 3.05) is 6.54 Å². The zero-order valence-electron chi connectivity index (χ0n) is 22.0. The van der Waals surface area contributed by atoms with Gasteiger partial charge < -0.3 is 4.90 Å². The van der Waals surface area contributed by atoms with Crippen LogP contribution in [0, 0.1) is 22.6 Å². The number of benzene rings is 2. The van der Waals surface area contributed by atoms with E-state index in [0.717, 1.165) is 11.1 Å². The standard InChI is InChI=1S/C30H34F5NO/c1-26(2)24(27(26,3)4)25(37)36-15-14-29(17-18-6-10-21(31)11-7-18)22-12-9-20(28(5,32)30(33,34)35)16-19(22)8-13-23(29)36/h6-7,9-12,16,23-24H,8,13-15,17H2,1-5H3/t23-,28?,29-/m1/s1. The minimum Gasteiger partial charge on any atom is -0.338 e. The fraction of sp³-hybridized carbons (Fsp3) is 0.567. The van der Waals surface area contributed by atoms with Crippen molar-refractivity contribution in [1.29, 1.82) is 0 Å². The second kappa shape index (κ2) is 8.03. The number of hydrogen-bond acceptors (Lipinski definition) is 1. The van der Waals surface area contributed by atoms with Crippen LogP contribution in [0.4, 0.5) is 22.0 Å². The van der Waals surface area contributed by atoms with Crippen LogP contribution in [0.15, 0.2) is 42.5 Å². The molecule has 2 nitrogen and oxygen atoms in total. The van der Waals surface area contributed by atoms with Crippen LogP contribution in [0.3, 0.4) is 0 Å². The largest absolute Gasteiger partial charge is 0.426 e. The van der Waals surface area contributed by atoms with Gasteiger partial charge in [-0.15, -0.1) is 0 Å². The summed E-state index contributed by atoms with van der Waals surface area (Å²) >= 11 is 0. The average molecular weight is 520 g/mol. The first-order valence-corrected chi connectivity index (χ1v) is 13.0. The van der Waals surface area contributed by atoms with Gasteiger partial charge >= 0.3 is 6.18 Å². The van der Waals surface area contributed by atoms with E-state index in [4.69, 9.17) is 0 Å². The molecule has 0 N–H and O–H groups in total. The monoisotopic (exact) mass is 519 g/mol. The molecule has 3 atom stereocenters. The molecule has 3 aliphatic rings. The van der Waals surface area contributed by atoms with Crippen LogP contribution in [0.1, 0.15) is 69.7 Å².